The Morgan fingerprint density at radius 1 is 1.29 bits per heavy atom. The molecule has 1 N–H and O–H groups in total. The Bertz CT molecular complexity index is 291. The fourth-order valence-electron chi connectivity index (χ4n) is 1.81. The zero-order valence-corrected chi connectivity index (χ0v) is 11.4. The van der Waals surface area contributed by atoms with Gasteiger partial charge in [-0.25, -0.2) is 4.98 Å². The zero-order valence-electron chi connectivity index (χ0n) is 11.4. The number of rotatable bonds is 9. The van der Waals surface area contributed by atoms with Gasteiger partial charge in [0, 0.05) is 25.8 Å². The fraction of sp³-hybridized carbons (Fsp3) is 0.769. The van der Waals surface area contributed by atoms with Gasteiger partial charge in [0.05, 0.1) is 12.0 Å². The molecule has 0 aliphatic carbocycles. The first-order valence-corrected chi connectivity index (χ1v) is 6.73. The minimum absolute atomic E-state index is 0.881. The molecule has 0 saturated carbocycles. The normalized spacial score (nSPS) is 11.3. The fourth-order valence-corrected chi connectivity index (χ4v) is 1.81. The number of nitrogens with one attached hydrogen (secondary N) is 1. The third-order valence-corrected chi connectivity index (χ3v) is 2.99. The number of aromatic nitrogens is 2. The summed E-state index contributed by atoms with van der Waals surface area (Å²) < 4.78 is 2.18. The van der Waals surface area contributed by atoms with Crippen LogP contribution < -0.4 is 5.32 Å². The van der Waals surface area contributed by atoms with E-state index in [0.717, 1.165) is 45.0 Å². The lowest BCUT2D eigenvalue weighted by atomic mass is 10.4. The molecule has 0 radical (unpaired) electrons. The van der Waals surface area contributed by atoms with Gasteiger partial charge in [-0.1, -0.05) is 20.8 Å². The second kappa shape index (κ2) is 8.25. The second-order valence-corrected chi connectivity index (χ2v) is 4.31. The van der Waals surface area contributed by atoms with Gasteiger partial charge in [-0.15, -0.1) is 0 Å². The molecule has 1 rings (SSSR count). The minimum atomic E-state index is 0.881. The lowest BCUT2D eigenvalue weighted by Crippen LogP contribution is -2.26. The van der Waals surface area contributed by atoms with E-state index in [0.29, 0.717) is 0 Å². The second-order valence-electron chi connectivity index (χ2n) is 4.31. The van der Waals surface area contributed by atoms with Crippen molar-refractivity contribution in [3.63, 3.8) is 0 Å². The van der Waals surface area contributed by atoms with Crippen molar-refractivity contribution in [1.82, 2.24) is 19.8 Å². The highest BCUT2D eigenvalue weighted by Gasteiger charge is 2.01. The summed E-state index contributed by atoms with van der Waals surface area (Å²) in [6.45, 7) is 12.9. The molecule has 0 atom stereocenters. The van der Waals surface area contributed by atoms with Crippen molar-refractivity contribution in [3.8, 4) is 0 Å². The van der Waals surface area contributed by atoms with Gasteiger partial charge in [0.25, 0.3) is 0 Å². The highest BCUT2D eigenvalue weighted by atomic mass is 15.1. The Morgan fingerprint density at radius 2 is 2.06 bits per heavy atom. The summed E-state index contributed by atoms with van der Waals surface area (Å²) in [6.07, 6.45) is 5.25. The molecular formula is C13H26N4. The summed E-state index contributed by atoms with van der Waals surface area (Å²) >= 11 is 0. The number of hydrogen-bond donors (Lipinski definition) is 1. The third-order valence-electron chi connectivity index (χ3n) is 2.99. The summed E-state index contributed by atoms with van der Waals surface area (Å²) in [6, 6.07) is 0. The van der Waals surface area contributed by atoms with Gasteiger partial charge < -0.3 is 14.8 Å². The Hall–Kier alpha value is -0.870. The molecule has 0 aliphatic heterocycles. The molecule has 0 spiro atoms. The number of hydrogen-bond acceptors (Lipinski definition) is 3. The SMILES string of the molecule is CCCNCc1cn(CCN(CC)CC)cn1. The predicted molar refractivity (Wildman–Crippen MR) is 72.0 cm³/mol. The summed E-state index contributed by atoms with van der Waals surface area (Å²) in [5, 5.41) is 3.37. The van der Waals surface area contributed by atoms with Crippen molar-refractivity contribution in [2.45, 2.75) is 40.3 Å². The number of nitrogens with zero attached hydrogens (tertiary/aromatic N) is 3. The monoisotopic (exact) mass is 238 g/mol. The molecule has 0 saturated heterocycles. The van der Waals surface area contributed by atoms with E-state index in [-0.39, 0.29) is 0 Å². The van der Waals surface area contributed by atoms with Crippen LogP contribution in [0.5, 0.6) is 0 Å². The summed E-state index contributed by atoms with van der Waals surface area (Å²) in [5.74, 6) is 0. The summed E-state index contributed by atoms with van der Waals surface area (Å²) in [4.78, 5) is 6.83. The average Bonchev–Trinajstić information content (AvgIpc) is 2.79. The van der Waals surface area contributed by atoms with Crippen LogP contribution in [0.3, 0.4) is 0 Å². The topological polar surface area (TPSA) is 33.1 Å². The van der Waals surface area contributed by atoms with Crippen LogP contribution in [0.2, 0.25) is 0 Å². The molecule has 1 heterocycles. The van der Waals surface area contributed by atoms with Crippen LogP contribution in [-0.4, -0.2) is 40.6 Å². The van der Waals surface area contributed by atoms with Crippen LogP contribution in [0.4, 0.5) is 0 Å². The van der Waals surface area contributed by atoms with Crippen LogP contribution >= 0.6 is 0 Å². The lowest BCUT2D eigenvalue weighted by Gasteiger charge is -2.17. The van der Waals surface area contributed by atoms with Crippen LogP contribution in [-0.2, 0) is 13.1 Å². The molecule has 0 aromatic carbocycles. The van der Waals surface area contributed by atoms with E-state index in [1.807, 2.05) is 6.33 Å². The van der Waals surface area contributed by atoms with E-state index in [1.165, 1.54) is 6.42 Å². The van der Waals surface area contributed by atoms with Crippen molar-refractivity contribution in [2.75, 3.05) is 26.2 Å². The summed E-state index contributed by atoms with van der Waals surface area (Å²) in [5.41, 5.74) is 1.14. The van der Waals surface area contributed by atoms with Gasteiger partial charge in [-0.3, -0.25) is 0 Å². The maximum Gasteiger partial charge on any atom is 0.0950 e. The number of imidazole rings is 1. The number of likely N-dealkylation sites (N-methyl/N-ethyl adjacent to an activating group) is 1. The van der Waals surface area contributed by atoms with E-state index in [9.17, 15) is 0 Å². The molecule has 4 nitrogen and oxygen atoms in total. The van der Waals surface area contributed by atoms with E-state index in [2.05, 4.69) is 46.7 Å². The highest BCUT2D eigenvalue weighted by Crippen LogP contribution is 1.97. The maximum atomic E-state index is 4.40. The average molecular weight is 238 g/mol. The summed E-state index contributed by atoms with van der Waals surface area (Å²) in [7, 11) is 0. The Labute approximate surface area is 105 Å². The van der Waals surface area contributed by atoms with Gasteiger partial charge in [-0.2, -0.15) is 0 Å². The standard InChI is InChI=1S/C13H26N4/c1-4-7-14-10-13-11-17(12-15-13)9-8-16(5-2)6-3/h11-12,14H,4-10H2,1-3H3. The van der Waals surface area contributed by atoms with Crippen molar-refractivity contribution >= 4 is 0 Å². The van der Waals surface area contributed by atoms with E-state index in [1.54, 1.807) is 0 Å². The molecule has 0 amide bonds. The van der Waals surface area contributed by atoms with E-state index < -0.39 is 0 Å². The van der Waals surface area contributed by atoms with Crippen molar-refractivity contribution < 1.29 is 0 Å². The minimum Gasteiger partial charge on any atom is -0.336 e. The smallest absolute Gasteiger partial charge is 0.0950 e. The van der Waals surface area contributed by atoms with Gasteiger partial charge in [0.2, 0.25) is 0 Å². The Kier molecular flexibility index (Phi) is 6.89. The van der Waals surface area contributed by atoms with Crippen molar-refractivity contribution in [3.05, 3.63) is 18.2 Å². The van der Waals surface area contributed by atoms with Gasteiger partial charge in [-0.05, 0) is 26.1 Å². The molecule has 4 heteroatoms. The van der Waals surface area contributed by atoms with Gasteiger partial charge in [0.15, 0.2) is 0 Å². The van der Waals surface area contributed by atoms with Crippen molar-refractivity contribution in [2.24, 2.45) is 0 Å². The lowest BCUT2D eigenvalue weighted by molar-refractivity contribution is 0.290. The predicted octanol–water partition coefficient (Wildman–Crippen LogP) is 1.72. The molecule has 0 fully saturated rings. The van der Waals surface area contributed by atoms with Crippen LogP contribution in [0.1, 0.15) is 32.9 Å². The molecule has 1 aromatic rings. The van der Waals surface area contributed by atoms with Crippen LogP contribution in [0, 0.1) is 0 Å². The molecule has 0 unspecified atom stereocenters. The Balaban J connectivity index is 2.30. The first kappa shape index (κ1) is 14.2. The van der Waals surface area contributed by atoms with Gasteiger partial charge in [0.1, 0.15) is 0 Å². The Morgan fingerprint density at radius 3 is 2.71 bits per heavy atom. The maximum absolute atomic E-state index is 4.40. The largest absolute Gasteiger partial charge is 0.336 e. The van der Waals surface area contributed by atoms with Gasteiger partial charge >= 0.3 is 0 Å². The molecular weight excluding hydrogens is 212 g/mol. The van der Waals surface area contributed by atoms with E-state index >= 15 is 0 Å². The highest BCUT2D eigenvalue weighted by molar-refractivity contribution is 4.96. The quantitative estimate of drug-likeness (QED) is 0.665. The van der Waals surface area contributed by atoms with E-state index in [4.69, 9.17) is 0 Å². The molecule has 1 aromatic heterocycles. The third kappa shape index (κ3) is 5.33. The molecule has 98 valence electrons. The zero-order chi connectivity index (χ0) is 12.5. The van der Waals surface area contributed by atoms with Crippen LogP contribution in [0.25, 0.3) is 0 Å². The molecule has 0 bridgehead atoms. The first-order chi connectivity index (χ1) is 8.30. The van der Waals surface area contributed by atoms with Crippen LogP contribution in [0.15, 0.2) is 12.5 Å². The first-order valence-electron chi connectivity index (χ1n) is 6.73. The molecule has 17 heavy (non-hydrogen) atoms. The van der Waals surface area contributed by atoms with Crippen molar-refractivity contribution in [1.29, 1.82) is 0 Å². The molecule has 0 aliphatic rings.